The number of ether oxygens (including phenoxy) is 1. The highest BCUT2D eigenvalue weighted by molar-refractivity contribution is 5.77. The van der Waals surface area contributed by atoms with E-state index in [2.05, 4.69) is 12.1 Å². The summed E-state index contributed by atoms with van der Waals surface area (Å²) in [4.78, 5) is 0. The molecule has 120 valence electrons. The Hall–Kier alpha value is -1.13. The van der Waals surface area contributed by atoms with E-state index in [9.17, 15) is 0 Å². The summed E-state index contributed by atoms with van der Waals surface area (Å²) in [5.74, 6) is 0. The lowest BCUT2D eigenvalue weighted by molar-refractivity contribution is -0.732. The van der Waals surface area contributed by atoms with Crippen LogP contribution in [0.3, 0.4) is 0 Å². The molecule has 0 unspecified atom stereocenters. The quantitative estimate of drug-likeness (QED) is 0.213. The maximum atomic E-state index is 8.49. The minimum atomic E-state index is 0. The molecule has 0 bridgehead atoms. The number of oxime groups is 1. The van der Waals surface area contributed by atoms with Crippen molar-refractivity contribution >= 4 is 6.21 Å². The fourth-order valence-corrected chi connectivity index (χ4v) is 2.10. The smallest absolute Gasteiger partial charge is 0.252 e. The molecule has 0 saturated heterocycles. The molecular formula is C16H27ClN2O2. The molecule has 0 aliphatic carbocycles. The molecule has 0 saturated carbocycles. The van der Waals surface area contributed by atoms with Gasteiger partial charge < -0.3 is 22.4 Å². The lowest BCUT2D eigenvalue weighted by Crippen LogP contribution is -3.00. The van der Waals surface area contributed by atoms with Crippen LogP contribution in [0.4, 0.5) is 0 Å². The summed E-state index contributed by atoms with van der Waals surface area (Å²) in [6, 6.07) is 3.79. The van der Waals surface area contributed by atoms with Crippen molar-refractivity contribution in [2.24, 2.45) is 5.16 Å². The number of aromatic nitrogens is 1. The molecule has 1 aromatic rings. The van der Waals surface area contributed by atoms with Crippen molar-refractivity contribution < 1.29 is 26.9 Å². The highest BCUT2D eigenvalue weighted by Crippen LogP contribution is 2.06. The van der Waals surface area contributed by atoms with Gasteiger partial charge >= 0.3 is 0 Å². The van der Waals surface area contributed by atoms with Crippen LogP contribution in [-0.2, 0) is 11.5 Å². The molecular weight excluding hydrogens is 288 g/mol. The zero-order chi connectivity index (χ0) is 14.5. The van der Waals surface area contributed by atoms with Gasteiger partial charge in [-0.1, -0.05) is 50.6 Å². The van der Waals surface area contributed by atoms with Crippen LogP contribution in [0.1, 0.15) is 57.4 Å². The molecule has 0 radical (unpaired) electrons. The van der Waals surface area contributed by atoms with Crippen LogP contribution in [0.15, 0.2) is 29.7 Å². The maximum absolute atomic E-state index is 8.49. The number of unbranched alkanes of at least 4 members (excludes halogenated alkanes) is 6. The zero-order valence-electron chi connectivity index (χ0n) is 12.9. The molecule has 0 aliphatic heterocycles. The van der Waals surface area contributed by atoms with Gasteiger partial charge in [0.1, 0.15) is 0 Å². The van der Waals surface area contributed by atoms with Crippen LogP contribution in [0.2, 0.25) is 0 Å². The van der Waals surface area contributed by atoms with Gasteiger partial charge in [0.05, 0.1) is 18.4 Å². The number of hydrogen-bond acceptors (Lipinski definition) is 3. The first-order chi connectivity index (χ1) is 9.86. The average Bonchev–Trinajstić information content (AvgIpc) is 2.46. The third-order valence-electron chi connectivity index (χ3n) is 3.22. The lowest BCUT2D eigenvalue weighted by Gasteiger charge is -2.02. The molecule has 0 aliphatic rings. The summed E-state index contributed by atoms with van der Waals surface area (Å²) in [5.41, 5.74) is 0.856. The summed E-state index contributed by atoms with van der Waals surface area (Å²) >= 11 is 0. The summed E-state index contributed by atoms with van der Waals surface area (Å²) in [6.07, 6.45) is 14.3. The van der Waals surface area contributed by atoms with E-state index in [1.807, 2.05) is 29.1 Å². The van der Waals surface area contributed by atoms with E-state index in [-0.39, 0.29) is 12.4 Å². The molecule has 5 heteroatoms. The van der Waals surface area contributed by atoms with Gasteiger partial charge in [-0.3, -0.25) is 0 Å². The molecule has 1 aromatic heterocycles. The van der Waals surface area contributed by atoms with E-state index in [4.69, 9.17) is 9.94 Å². The molecule has 0 fully saturated rings. The van der Waals surface area contributed by atoms with Crippen molar-refractivity contribution in [3.8, 4) is 0 Å². The third-order valence-corrected chi connectivity index (χ3v) is 3.22. The zero-order valence-corrected chi connectivity index (χ0v) is 13.6. The Morgan fingerprint density at radius 1 is 1.19 bits per heavy atom. The average molecular weight is 315 g/mol. The normalized spacial score (nSPS) is 10.7. The van der Waals surface area contributed by atoms with Crippen LogP contribution in [-0.4, -0.2) is 18.0 Å². The first kappa shape index (κ1) is 19.9. The van der Waals surface area contributed by atoms with Gasteiger partial charge in [0.2, 0.25) is 0 Å². The van der Waals surface area contributed by atoms with E-state index in [0.717, 1.165) is 18.6 Å². The summed E-state index contributed by atoms with van der Waals surface area (Å²) in [5, 5.41) is 11.5. The van der Waals surface area contributed by atoms with Gasteiger partial charge in [-0.2, -0.15) is 4.57 Å². The highest BCUT2D eigenvalue weighted by Gasteiger charge is 2.01. The van der Waals surface area contributed by atoms with Crippen molar-refractivity contribution in [2.75, 3.05) is 6.61 Å². The van der Waals surface area contributed by atoms with E-state index in [1.54, 1.807) is 0 Å². The fraction of sp³-hybridized carbons (Fsp3) is 0.625. The van der Waals surface area contributed by atoms with Crippen molar-refractivity contribution in [2.45, 2.75) is 58.6 Å². The van der Waals surface area contributed by atoms with Gasteiger partial charge in [-0.15, -0.1) is 0 Å². The molecule has 1 N–H and O–H groups in total. The first-order valence-corrected chi connectivity index (χ1v) is 7.61. The number of rotatable bonds is 11. The predicted molar refractivity (Wildman–Crippen MR) is 80.0 cm³/mol. The Bertz CT molecular complexity index is 386. The predicted octanol–water partition coefficient (Wildman–Crippen LogP) is 0.511. The van der Waals surface area contributed by atoms with Crippen LogP contribution in [0.25, 0.3) is 0 Å². The van der Waals surface area contributed by atoms with Gasteiger partial charge in [0.15, 0.2) is 12.4 Å². The number of nitrogens with zero attached hydrogens (tertiary/aromatic N) is 2. The van der Waals surface area contributed by atoms with Gasteiger partial charge in [-0.25, -0.2) is 0 Å². The van der Waals surface area contributed by atoms with Gasteiger partial charge in [0, 0.05) is 6.07 Å². The Morgan fingerprint density at radius 2 is 1.90 bits per heavy atom. The minimum absolute atomic E-state index is 0. The number of pyridine rings is 1. The molecule has 0 aromatic carbocycles. The first-order valence-electron chi connectivity index (χ1n) is 7.61. The molecule has 1 rings (SSSR count). The van der Waals surface area contributed by atoms with E-state index in [0.29, 0.717) is 6.73 Å². The molecule has 0 spiro atoms. The largest absolute Gasteiger partial charge is 1.00 e. The third kappa shape index (κ3) is 10.3. The topological polar surface area (TPSA) is 45.7 Å². The summed E-state index contributed by atoms with van der Waals surface area (Å²) in [7, 11) is 0. The summed E-state index contributed by atoms with van der Waals surface area (Å²) in [6.45, 7) is 3.59. The van der Waals surface area contributed by atoms with E-state index >= 15 is 0 Å². The molecule has 1 heterocycles. The Labute approximate surface area is 134 Å². The maximum Gasteiger partial charge on any atom is 0.252 e. The molecule has 21 heavy (non-hydrogen) atoms. The second-order valence-corrected chi connectivity index (χ2v) is 5.05. The Morgan fingerprint density at radius 3 is 2.62 bits per heavy atom. The molecule has 4 nitrogen and oxygen atoms in total. The Kier molecular flexibility index (Phi) is 13.1. The van der Waals surface area contributed by atoms with Gasteiger partial charge in [-0.05, 0) is 12.5 Å². The van der Waals surface area contributed by atoms with Crippen LogP contribution >= 0.6 is 0 Å². The lowest BCUT2D eigenvalue weighted by atomic mass is 10.1. The minimum Gasteiger partial charge on any atom is -1.00 e. The Balaban J connectivity index is 0.00000400. The second-order valence-electron chi connectivity index (χ2n) is 5.05. The van der Waals surface area contributed by atoms with Crippen LogP contribution < -0.4 is 17.0 Å². The standard InChI is InChI=1S/C16H26N2O2.ClH/c1-2-3-4-5-6-7-8-12-20-15-18-11-9-10-16(14-18)13-17-19;/h9-11,13-14H,2-8,12,15H2,1H3;1H/b17-13+;. The highest BCUT2D eigenvalue weighted by atomic mass is 35.5. The summed E-state index contributed by atoms with van der Waals surface area (Å²) < 4.78 is 7.58. The second kappa shape index (κ2) is 13.8. The van der Waals surface area contributed by atoms with Crippen molar-refractivity contribution in [3.63, 3.8) is 0 Å². The van der Waals surface area contributed by atoms with Crippen LogP contribution in [0.5, 0.6) is 0 Å². The number of halogens is 1. The van der Waals surface area contributed by atoms with Gasteiger partial charge in [0.25, 0.3) is 6.73 Å². The SMILES string of the molecule is CCCCCCCCCOC[n+]1cccc(/C=N/O)c1.[Cl-]. The van der Waals surface area contributed by atoms with Crippen molar-refractivity contribution in [1.29, 1.82) is 0 Å². The molecule has 0 atom stereocenters. The fourth-order valence-electron chi connectivity index (χ4n) is 2.10. The monoisotopic (exact) mass is 314 g/mol. The number of hydrogen-bond donors (Lipinski definition) is 1. The van der Waals surface area contributed by atoms with Crippen molar-refractivity contribution in [3.05, 3.63) is 30.1 Å². The van der Waals surface area contributed by atoms with Crippen molar-refractivity contribution in [1.82, 2.24) is 0 Å². The van der Waals surface area contributed by atoms with Crippen LogP contribution in [0, 0.1) is 0 Å². The van der Waals surface area contributed by atoms with E-state index in [1.165, 1.54) is 44.7 Å². The molecule has 0 amide bonds. The van der Waals surface area contributed by atoms with E-state index < -0.39 is 0 Å².